The lowest BCUT2D eigenvalue weighted by Crippen LogP contribution is -2.42. The van der Waals surface area contributed by atoms with E-state index in [9.17, 15) is 23.6 Å². The molecule has 3 heterocycles. The number of halogens is 2. The monoisotopic (exact) mass is 573 g/mol. The number of carbonyl (C=O) groups excluding carboxylic acids is 2. The summed E-state index contributed by atoms with van der Waals surface area (Å²) in [5.74, 6) is -0.728. The molecule has 6 rings (SSSR count). The maximum absolute atomic E-state index is 14.2. The first-order valence-electron chi connectivity index (χ1n) is 13.1. The van der Waals surface area contributed by atoms with Gasteiger partial charge in [0.2, 0.25) is 11.8 Å². The topological polar surface area (TPSA) is 115 Å². The van der Waals surface area contributed by atoms with Crippen molar-refractivity contribution in [2.75, 3.05) is 10.6 Å². The van der Waals surface area contributed by atoms with Gasteiger partial charge < -0.3 is 10.6 Å². The van der Waals surface area contributed by atoms with E-state index in [4.69, 9.17) is 11.6 Å². The van der Waals surface area contributed by atoms with Crippen LogP contribution in [0.25, 0.3) is 11.1 Å². The average molecular weight is 574 g/mol. The highest BCUT2D eigenvalue weighted by Crippen LogP contribution is 2.46. The lowest BCUT2D eigenvalue weighted by molar-refractivity contribution is -0.120. The Labute approximate surface area is 238 Å². The number of nitrogens with zero attached hydrogens (tertiary/aromatic N) is 3. The van der Waals surface area contributed by atoms with Gasteiger partial charge in [0.25, 0.3) is 5.56 Å². The fourth-order valence-electron chi connectivity index (χ4n) is 5.79. The number of hydrogen-bond donors (Lipinski definition) is 2. The number of benzene rings is 2. The quantitative estimate of drug-likeness (QED) is 0.373. The molecular formula is C30H25ClFN5O4. The summed E-state index contributed by atoms with van der Waals surface area (Å²) < 4.78 is 16.3. The first-order chi connectivity index (χ1) is 19.6. The molecule has 2 aromatic heterocycles. The van der Waals surface area contributed by atoms with Gasteiger partial charge >= 0.3 is 5.69 Å². The first-order valence-corrected chi connectivity index (χ1v) is 13.5. The zero-order chi connectivity index (χ0) is 29.1. The van der Waals surface area contributed by atoms with Crippen LogP contribution in [0.5, 0.6) is 0 Å². The van der Waals surface area contributed by atoms with Gasteiger partial charge in [0.15, 0.2) is 0 Å². The van der Waals surface area contributed by atoms with Gasteiger partial charge in [-0.15, -0.1) is 0 Å². The second-order valence-electron chi connectivity index (χ2n) is 10.6. The molecule has 0 radical (unpaired) electrons. The van der Waals surface area contributed by atoms with E-state index in [1.165, 1.54) is 24.4 Å². The van der Waals surface area contributed by atoms with Crippen LogP contribution in [-0.4, -0.2) is 25.9 Å². The molecule has 1 spiro atoms. The number of hydrogen-bond acceptors (Lipinski definition) is 5. The Kier molecular flexibility index (Phi) is 6.37. The molecule has 0 saturated heterocycles. The summed E-state index contributed by atoms with van der Waals surface area (Å²) in [4.78, 5) is 56.7. The van der Waals surface area contributed by atoms with Crippen LogP contribution in [0.1, 0.15) is 36.6 Å². The summed E-state index contributed by atoms with van der Waals surface area (Å²) in [5.41, 5.74) is 1.40. The Morgan fingerprint density at radius 1 is 1.10 bits per heavy atom. The standard InChI is InChI=1S/C30H25ClFN5O4/c1-16(2)37-27(39)21(20-5-3-7-23(32)25(20)31)14-36(29(37)41)15-24(38)34-19-9-8-17-12-30(13-18(17)11-19)22-6-4-10-33-26(22)35-28(30)40/h3-11,14,16H,12-13,15H2,1-2H3,(H,34,38)(H,33,35,40)/t30-/m1/s1. The summed E-state index contributed by atoms with van der Waals surface area (Å²) >= 11 is 6.15. The molecule has 9 nitrogen and oxygen atoms in total. The van der Waals surface area contributed by atoms with Gasteiger partial charge in [0.05, 0.1) is 16.0 Å². The van der Waals surface area contributed by atoms with E-state index in [1.807, 2.05) is 24.3 Å². The lowest BCUT2D eigenvalue weighted by Gasteiger charge is -2.20. The molecule has 4 aromatic rings. The molecule has 0 saturated carbocycles. The van der Waals surface area contributed by atoms with Crippen molar-refractivity contribution >= 4 is 34.9 Å². The lowest BCUT2D eigenvalue weighted by atomic mass is 9.79. The fraction of sp³-hybridized carbons (Fsp3) is 0.233. The summed E-state index contributed by atoms with van der Waals surface area (Å²) in [6.45, 7) is 2.94. The SMILES string of the molecule is CC(C)n1c(=O)c(-c2cccc(F)c2Cl)cn(CC(=O)Nc2ccc3c(c2)C[C@@]2(C3)C(=O)Nc3ncccc32)c1=O. The van der Waals surface area contributed by atoms with Crippen molar-refractivity contribution in [1.29, 1.82) is 0 Å². The Bertz CT molecular complexity index is 1880. The molecule has 2 amide bonds. The van der Waals surface area contributed by atoms with E-state index in [0.29, 0.717) is 24.3 Å². The van der Waals surface area contributed by atoms with Crippen LogP contribution in [-0.2, 0) is 34.4 Å². The molecule has 11 heteroatoms. The number of anilines is 2. The van der Waals surface area contributed by atoms with E-state index in [-0.39, 0.29) is 22.1 Å². The van der Waals surface area contributed by atoms with Crippen molar-refractivity contribution in [2.24, 2.45) is 0 Å². The number of pyridine rings is 1. The third-order valence-electron chi connectivity index (χ3n) is 7.72. The van der Waals surface area contributed by atoms with Gasteiger partial charge in [-0.05, 0) is 62.1 Å². The van der Waals surface area contributed by atoms with Crippen LogP contribution in [0.4, 0.5) is 15.9 Å². The maximum Gasteiger partial charge on any atom is 0.331 e. The van der Waals surface area contributed by atoms with Crippen molar-refractivity contribution in [3.05, 3.63) is 109 Å². The third-order valence-corrected chi connectivity index (χ3v) is 8.11. The Morgan fingerprint density at radius 3 is 2.66 bits per heavy atom. The summed E-state index contributed by atoms with van der Waals surface area (Å²) in [7, 11) is 0. The smallest absolute Gasteiger partial charge is 0.325 e. The van der Waals surface area contributed by atoms with Crippen LogP contribution in [0, 0.1) is 5.82 Å². The van der Waals surface area contributed by atoms with Gasteiger partial charge in [-0.25, -0.2) is 14.2 Å². The molecule has 208 valence electrons. The number of carbonyl (C=O) groups is 2. The van der Waals surface area contributed by atoms with Crippen molar-refractivity contribution in [2.45, 2.75) is 44.7 Å². The van der Waals surface area contributed by atoms with Crippen LogP contribution >= 0.6 is 11.6 Å². The van der Waals surface area contributed by atoms with Gasteiger partial charge in [-0.3, -0.25) is 23.5 Å². The number of fused-ring (bicyclic) bond motifs is 3. The molecule has 2 N–H and O–H groups in total. The number of rotatable bonds is 5. The van der Waals surface area contributed by atoms with Gasteiger partial charge in [-0.2, -0.15) is 0 Å². The van der Waals surface area contributed by atoms with Crippen molar-refractivity contribution in [3.8, 4) is 11.1 Å². The molecular weight excluding hydrogens is 549 g/mol. The van der Waals surface area contributed by atoms with E-state index >= 15 is 0 Å². The highest BCUT2D eigenvalue weighted by molar-refractivity contribution is 6.33. The molecule has 2 aliphatic rings. The first kappa shape index (κ1) is 26.6. The maximum atomic E-state index is 14.2. The molecule has 0 bridgehead atoms. The minimum absolute atomic E-state index is 0.00281. The number of nitrogens with one attached hydrogen (secondary N) is 2. The predicted octanol–water partition coefficient (Wildman–Crippen LogP) is 4.07. The summed E-state index contributed by atoms with van der Waals surface area (Å²) in [5, 5.41) is 5.44. The van der Waals surface area contributed by atoms with Gasteiger partial charge in [0.1, 0.15) is 18.2 Å². The molecule has 1 aliphatic heterocycles. The Morgan fingerprint density at radius 2 is 1.88 bits per heavy atom. The predicted molar refractivity (Wildman–Crippen MR) is 153 cm³/mol. The second kappa shape index (κ2) is 9.81. The van der Waals surface area contributed by atoms with Crippen LogP contribution in [0.2, 0.25) is 5.02 Å². The average Bonchev–Trinajstić information content (AvgIpc) is 3.44. The van der Waals surface area contributed by atoms with E-state index in [0.717, 1.165) is 25.8 Å². The molecule has 0 unspecified atom stereocenters. The molecule has 2 aromatic carbocycles. The van der Waals surface area contributed by atoms with Gasteiger partial charge in [0, 0.05) is 35.2 Å². The molecule has 1 atom stereocenters. The number of amides is 2. The van der Waals surface area contributed by atoms with E-state index < -0.39 is 41.0 Å². The van der Waals surface area contributed by atoms with Crippen molar-refractivity contribution in [1.82, 2.24) is 14.1 Å². The highest BCUT2D eigenvalue weighted by Gasteiger charge is 2.51. The zero-order valence-corrected chi connectivity index (χ0v) is 23.0. The number of aromatic nitrogens is 3. The van der Waals surface area contributed by atoms with Crippen LogP contribution in [0.3, 0.4) is 0 Å². The zero-order valence-electron chi connectivity index (χ0n) is 22.2. The largest absolute Gasteiger partial charge is 0.331 e. The third kappa shape index (κ3) is 4.35. The minimum Gasteiger partial charge on any atom is -0.325 e. The second-order valence-corrected chi connectivity index (χ2v) is 11.0. The normalized spacial score (nSPS) is 17.0. The van der Waals surface area contributed by atoms with Crippen molar-refractivity contribution < 1.29 is 14.0 Å². The Hall–Kier alpha value is -4.57. The van der Waals surface area contributed by atoms with Crippen LogP contribution < -0.4 is 21.9 Å². The molecule has 1 aliphatic carbocycles. The summed E-state index contributed by atoms with van der Waals surface area (Å²) in [6.07, 6.45) is 3.87. The highest BCUT2D eigenvalue weighted by atomic mass is 35.5. The summed E-state index contributed by atoms with van der Waals surface area (Å²) in [6, 6.07) is 12.7. The van der Waals surface area contributed by atoms with Crippen LogP contribution in [0.15, 0.2) is 70.5 Å². The minimum atomic E-state index is -0.735. The van der Waals surface area contributed by atoms with Gasteiger partial charge in [-0.1, -0.05) is 35.9 Å². The molecule has 0 fully saturated rings. The van der Waals surface area contributed by atoms with Crippen molar-refractivity contribution in [3.63, 3.8) is 0 Å². The Balaban J connectivity index is 1.28. The fourth-order valence-corrected chi connectivity index (χ4v) is 6.01. The van der Waals surface area contributed by atoms with E-state index in [1.54, 1.807) is 26.1 Å². The molecule has 41 heavy (non-hydrogen) atoms. The van der Waals surface area contributed by atoms with E-state index in [2.05, 4.69) is 15.6 Å².